The quantitative estimate of drug-likeness (QED) is 0.287. The molecular formula is C23H18FN7O2S. The average Bonchev–Trinajstić information content (AvgIpc) is 3.26. The second-order valence-corrected chi connectivity index (χ2v) is 8.95. The number of hydrogen-bond donors (Lipinski definition) is 4. The largest absolute Gasteiger partial charge is 0.338 e. The monoisotopic (exact) mass is 475 g/mol. The van der Waals surface area contributed by atoms with E-state index < -0.39 is 15.8 Å². The Labute approximate surface area is 194 Å². The van der Waals surface area contributed by atoms with Gasteiger partial charge in [0.1, 0.15) is 5.82 Å². The molecule has 11 heteroatoms. The van der Waals surface area contributed by atoms with Gasteiger partial charge in [-0.2, -0.15) is 4.98 Å². The number of nitrogens with one attached hydrogen (secondary N) is 3. The standard InChI is InChI=1S/C23H18FN7O2S/c24-18-13-26-23(28-16-4-3-5-17(12-16)34(25,32)33)31-22(18)27-15-10-8-14(9-11-15)21-29-19-6-1-2-7-20(19)30-21/h1-13H,(H,29,30)(H2,25,32,33)(H2,26,27,28,31). The minimum absolute atomic E-state index is 0.0448. The van der Waals surface area contributed by atoms with Gasteiger partial charge in [0.05, 0.1) is 22.1 Å². The molecule has 5 aromatic rings. The highest BCUT2D eigenvalue weighted by Crippen LogP contribution is 2.25. The molecule has 0 saturated heterocycles. The number of rotatable bonds is 6. The van der Waals surface area contributed by atoms with Crippen LogP contribution in [0.3, 0.4) is 0 Å². The molecule has 0 saturated carbocycles. The van der Waals surface area contributed by atoms with E-state index in [-0.39, 0.29) is 16.7 Å². The molecule has 5 rings (SSSR count). The molecule has 0 aliphatic heterocycles. The van der Waals surface area contributed by atoms with Gasteiger partial charge in [0.15, 0.2) is 11.6 Å². The van der Waals surface area contributed by atoms with Crippen molar-refractivity contribution in [3.8, 4) is 11.4 Å². The van der Waals surface area contributed by atoms with Gasteiger partial charge < -0.3 is 15.6 Å². The van der Waals surface area contributed by atoms with Gasteiger partial charge >= 0.3 is 0 Å². The van der Waals surface area contributed by atoms with E-state index in [0.29, 0.717) is 11.4 Å². The number of aromatic amines is 1. The summed E-state index contributed by atoms with van der Waals surface area (Å²) in [5.41, 5.74) is 3.69. The number of fused-ring (bicyclic) bond motifs is 1. The third-order valence-electron chi connectivity index (χ3n) is 4.97. The van der Waals surface area contributed by atoms with Crippen molar-refractivity contribution in [3.05, 3.63) is 84.8 Å². The molecule has 3 aromatic carbocycles. The Balaban J connectivity index is 1.35. The fourth-order valence-electron chi connectivity index (χ4n) is 3.33. The van der Waals surface area contributed by atoms with Gasteiger partial charge in [0.25, 0.3) is 0 Å². The van der Waals surface area contributed by atoms with Crippen LogP contribution in [0, 0.1) is 5.82 Å². The van der Waals surface area contributed by atoms with Gasteiger partial charge in [-0.25, -0.2) is 27.9 Å². The lowest BCUT2D eigenvalue weighted by molar-refractivity contribution is 0.598. The molecule has 2 heterocycles. The Kier molecular flexibility index (Phi) is 5.40. The van der Waals surface area contributed by atoms with Crippen molar-refractivity contribution in [2.24, 2.45) is 5.14 Å². The van der Waals surface area contributed by atoms with Gasteiger partial charge in [-0.3, -0.25) is 0 Å². The van der Waals surface area contributed by atoms with E-state index in [2.05, 4.69) is 30.6 Å². The number of aromatic nitrogens is 4. The maximum atomic E-state index is 14.4. The molecule has 170 valence electrons. The number of hydrogen-bond acceptors (Lipinski definition) is 7. The number of nitrogens with two attached hydrogens (primary N) is 1. The topological polar surface area (TPSA) is 139 Å². The summed E-state index contributed by atoms with van der Waals surface area (Å²) in [4.78, 5) is 15.8. The van der Waals surface area contributed by atoms with E-state index in [1.807, 2.05) is 36.4 Å². The first-order valence-corrected chi connectivity index (χ1v) is 11.6. The van der Waals surface area contributed by atoms with Crippen LogP contribution in [0.5, 0.6) is 0 Å². The number of H-pyrrole nitrogens is 1. The van der Waals surface area contributed by atoms with Crippen molar-refractivity contribution in [2.45, 2.75) is 4.90 Å². The van der Waals surface area contributed by atoms with E-state index in [1.165, 1.54) is 18.2 Å². The molecular weight excluding hydrogens is 457 g/mol. The Bertz CT molecular complexity index is 1570. The number of nitrogens with zero attached hydrogens (tertiary/aromatic N) is 3. The van der Waals surface area contributed by atoms with E-state index in [0.717, 1.165) is 28.6 Å². The summed E-state index contributed by atoms with van der Waals surface area (Å²) >= 11 is 0. The highest BCUT2D eigenvalue weighted by Gasteiger charge is 2.11. The molecule has 2 aromatic heterocycles. The van der Waals surface area contributed by atoms with Crippen molar-refractivity contribution in [1.29, 1.82) is 0 Å². The second kappa shape index (κ2) is 8.54. The molecule has 0 atom stereocenters. The Morgan fingerprint density at radius 2 is 1.68 bits per heavy atom. The molecule has 0 amide bonds. The van der Waals surface area contributed by atoms with Gasteiger partial charge in [-0.1, -0.05) is 18.2 Å². The maximum Gasteiger partial charge on any atom is 0.238 e. The van der Waals surface area contributed by atoms with Crippen LogP contribution < -0.4 is 15.8 Å². The van der Waals surface area contributed by atoms with Gasteiger partial charge in [0, 0.05) is 16.9 Å². The first-order valence-electron chi connectivity index (χ1n) is 10.1. The molecule has 5 N–H and O–H groups in total. The van der Waals surface area contributed by atoms with Crippen LogP contribution in [0.25, 0.3) is 22.4 Å². The van der Waals surface area contributed by atoms with E-state index >= 15 is 0 Å². The lowest BCUT2D eigenvalue weighted by Crippen LogP contribution is -2.12. The zero-order chi connectivity index (χ0) is 23.7. The number of primary sulfonamides is 1. The summed E-state index contributed by atoms with van der Waals surface area (Å²) in [6.07, 6.45) is 1.02. The SMILES string of the molecule is NS(=O)(=O)c1cccc(Nc2ncc(F)c(Nc3ccc(-c4nc5ccccc5[nH]4)cc3)n2)c1. The molecule has 0 spiro atoms. The molecule has 0 aliphatic carbocycles. The minimum atomic E-state index is -3.86. The molecule has 0 radical (unpaired) electrons. The van der Waals surface area contributed by atoms with E-state index in [1.54, 1.807) is 18.2 Å². The molecule has 0 fully saturated rings. The number of benzene rings is 3. The van der Waals surface area contributed by atoms with Crippen molar-refractivity contribution in [2.75, 3.05) is 10.6 Å². The van der Waals surface area contributed by atoms with Crippen LogP contribution in [0.4, 0.5) is 27.5 Å². The van der Waals surface area contributed by atoms with Crippen molar-refractivity contribution >= 4 is 44.2 Å². The highest BCUT2D eigenvalue weighted by atomic mass is 32.2. The zero-order valence-corrected chi connectivity index (χ0v) is 18.3. The summed E-state index contributed by atoms with van der Waals surface area (Å²) in [6.45, 7) is 0. The third-order valence-corrected chi connectivity index (χ3v) is 5.88. The molecule has 0 bridgehead atoms. The number of anilines is 4. The maximum absolute atomic E-state index is 14.4. The van der Waals surface area contributed by atoms with Crippen LogP contribution in [0.1, 0.15) is 0 Å². The summed E-state index contributed by atoms with van der Waals surface area (Å²) < 4.78 is 37.5. The van der Waals surface area contributed by atoms with Gasteiger partial charge in [0.2, 0.25) is 16.0 Å². The lowest BCUT2D eigenvalue weighted by atomic mass is 10.2. The van der Waals surface area contributed by atoms with Gasteiger partial charge in [-0.05, 0) is 54.6 Å². The van der Waals surface area contributed by atoms with Crippen LogP contribution in [0.15, 0.2) is 83.9 Å². The van der Waals surface area contributed by atoms with E-state index in [4.69, 9.17) is 5.14 Å². The predicted molar refractivity (Wildman–Crippen MR) is 128 cm³/mol. The fraction of sp³-hybridized carbons (Fsp3) is 0. The summed E-state index contributed by atoms with van der Waals surface area (Å²) in [5, 5.41) is 10.9. The number of para-hydroxylation sites is 2. The van der Waals surface area contributed by atoms with Crippen molar-refractivity contribution in [1.82, 2.24) is 19.9 Å². The lowest BCUT2D eigenvalue weighted by Gasteiger charge is -2.10. The average molecular weight is 476 g/mol. The summed E-state index contributed by atoms with van der Waals surface area (Å²) in [5.74, 6) is 0.116. The number of imidazole rings is 1. The van der Waals surface area contributed by atoms with Gasteiger partial charge in [-0.15, -0.1) is 0 Å². The van der Waals surface area contributed by atoms with Crippen LogP contribution in [-0.2, 0) is 10.0 Å². The van der Waals surface area contributed by atoms with Crippen LogP contribution in [0.2, 0.25) is 0 Å². The number of sulfonamides is 1. The highest BCUT2D eigenvalue weighted by molar-refractivity contribution is 7.89. The molecule has 0 aliphatic rings. The van der Waals surface area contributed by atoms with Crippen LogP contribution in [-0.4, -0.2) is 28.4 Å². The fourth-order valence-corrected chi connectivity index (χ4v) is 3.89. The summed E-state index contributed by atoms with van der Waals surface area (Å²) in [6, 6.07) is 20.9. The van der Waals surface area contributed by atoms with Crippen molar-refractivity contribution in [3.63, 3.8) is 0 Å². The Morgan fingerprint density at radius 1 is 0.882 bits per heavy atom. The first kappa shape index (κ1) is 21.5. The normalized spacial score (nSPS) is 11.5. The van der Waals surface area contributed by atoms with Crippen LogP contribution >= 0.6 is 0 Å². The molecule has 34 heavy (non-hydrogen) atoms. The predicted octanol–water partition coefficient (Wildman–Crippen LogP) is 4.29. The minimum Gasteiger partial charge on any atom is -0.338 e. The third kappa shape index (κ3) is 4.56. The molecule has 0 unspecified atom stereocenters. The van der Waals surface area contributed by atoms with Crippen molar-refractivity contribution < 1.29 is 12.8 Å². The zero-order valence-electron chi connectivity index (χ0n) is 17.5. The van der Waals surface area contributed by atoms with E-state index in [9.17, 15) is 12.8 Å². The smallest absolute Gasteiger partial charge is 0.238 e. The first-order chi connectivity index (χ1) is 16.3. The molecule has 9 nitrogen and oxygen atoms in total. The number of halogens is 1. The Morgan fingerprint density at radius 3 is 2.44 bits per heavy atom. The summed E-state index contributed by atoms with van der Waals surface area (Å²) in [7, 11) is -3.86. The Hall–Kier alpha value is -4.35. The second-order valence-electron chi connectivity index (χ2n) is 7.39.